The number of urea groups is 1. The first-order valence-corrected chi connectivity index (χ1v) is 9.40. The van der Waals surface area contributed by atoms with Crippen LogP contribution in [-0.4, -0.2) is 72.1 Å². The van der Waals surface area contributed by atoms with E-state index in [4.69, 9.17) is 9.73 Å². The van der Waals surface area contributed by atoms with Gasteiger partial charge in [0.15, 0.2) is 12.2 Å². The lowest BCUT2D eigenvalue weighted by atomic mass is 10.1. The molecule has 1 aromatic rings. The highest BCUT2D eigenvalue weighted by atomic mass is 79.9. The number of rotatable bonds is 4. The number of anilines is 1. The number of allylic oxidation sites excluding steroid dienone is 1. The highest BCUT2D eigenvalue weighted by Gasteiger charge is 2.54. The van der Waals surface area contributed by atoms with Crippen molar-refractivity contribution < 1.29 is 14.3 Å². The number of nitrogens with zero attached hydrogens (tertiary/aromatic N) is 5. The number of hydrogen-bond donors (Lipinski definition) is 0. The summed E-state index contributed by atoms with van der Waals surface area (Å²) < 4.78 is 6.03. The lowest BCUT2D eigenvalue weighted by molar-refractivity contribution is -0.137. The third-order valence-electron chi connectivity index (χ3n) is 4.99. The molecule has 0 aromatic heterocycles. The molecule has 2 atom stereocenters. The average Bonchev–Trinajstić information content (AvgIpc) is 3.15. The molecular formula is C18H20BrN5O3. The van der Waals surface area contributed by atoms with Crippen LogP contribution in [0, 0.1) is 0 Å². The number of carbonyl (C=O) groups excluding carboxylic acids is 2. The Morgan fingerprint density at radius 2 is 1.93 bits per heavy atom. The maximum absolute atomic E-state index is 13.1. The normalized spacial score (nSPS) is 24.3. The molecule has 142 valence electrons. The van der Waals surface area contributed by atoms with E-state index in [2.05, 4.69) is 15.9 Å². The van der Waals surface area contributed by atoms with E-state index in [1.807, 2.05) is 47.2 Å². The number of halogens is 1. The molecule has 3 aliphatic rings. The summed E-state index contributed by atoms with van der Waals surface area (Å²) in [5.41, 5.74) is 1.91. The van der Waals surface area contributed by atoms with Crippen LogP contribution in [0.3, 0.4) is 0 Å². The van der Waals surface area contributed by atoms with Crippen molar-refractivity contribution in [1.29, 1.82) is 0 Å². The van der Waals surface area contributed by atoms with E-state index >= 15 is 0 Å². The van der Waals surface area contributed by atoms with Gasteiger partial charge in [-0.1, -0.05) is 15.9 Å². The van der Waals surface area contributed by atoms with Crippen LogP contribution in [0.25, 0.3) is 0 Å². The van der Waals surface area contributed by atoms with Crippen molar-refractivity contribution in [2.45, 2.75) is 19.1 Å². The number of hydrogen-bond acceptors (Lipinski definition) is 6. The molecule has 0 N–H and O–H groups in total. The summed E-state index contributed by atoms with van der Waals surface area (Å²) >= 11 is 3.45. The Bertz CT molecular complexity index is 853. The quantitative estimate of drug-likeness (QED) is 0.726. The smallest absolute Gasteiger partial charge is 0.328 e. The molecule has 0 spiro atoms. The fourth-order valence-electron chi connectivity index (χ4n) is 3.65. The Morgan fingerprint density at radius 1 is 1.22 bits per heavy atom. The predicted molar refractivity (Wildman–Crippen MR) is 104 cm³/mol. The number of benzene rings is 1. The minimum atomic E-state index is -0.560. The van der Waals surface area contributed by atoms with Crippen LogP contribution in [0.2, 0.25) is 0 Å². The van der Waals surface area contributed by atoms with Crippen molar-refractivity contribution in [3.05, 3.63) is 40.6 Å². The molecular weight excluding hydrogens is 414 g/mol. The van der Waals surface area contributed by atoms with Gasteiger partial charge in [-0.3, -0.25) is 14.6 Å². The monoisotopic (exact) mass is 433 g/mol. The second-order valence-corrected chi connectivity index (χ2v) is 7.57. The van der Waals surface area contributed by atoms with Crippen LogP contribution in [0.4, 0.5) is 10.5 Å². The van der Waals surface area contributed by atoms with Crippen molar-refractivity contribution in [2.24, 2.45) is 4.99 Å². The van der Waals surface area contributed by atoms with Crippen molar-refractivity contribution in [2.75, 3.05) is 32.2 Å². The number of guanidine groups is 1. The molecule has 3 heterocycles. The van der Waals surface area contributed by atoms with Gasteiger partial charge < -0.3 is 14.5 Å². The van der Waals surface area contributed by atoms with E-state index in [-0.39, 0.29) is 18.5 Å². The highest BCUT2D eigenvalue weighted by Crippen LogP contribution is 2.36. The number of methoxy groups -OCH3 is 1. The lowest BCUT2D eigenvalue weighted by Crippen LogP contribution is -2.64. The van der Waals surface area contributed by atoms with E-state index in [1.165, 1.54) is 9.80 Å². The number of fused-ring (bicyclic) bond motifs is 3. The summed E-state index contributed by atoms with van der Waals surface area (Å²) in [6.07, 6.45) is 1.38. The fraction of sp³-hybridized carbons (Fsp3) is 0.389. The number of imide groups is 1. The Morgan fingerprint density at radius 3 is 2.59 bits per heavy atom. The Hall–Kier alpha value is -2.39. The van der Waals surface area contributed by atoms with Gasteiger partial charge >= 0.3 is 6.03 Å². The summed E-state index contributed by atoms with van der Waals surface area (Å²) in [6, 6.07) is 6.98. The molecule has 4 rings (SSSR count). The van der Waals surface area contributed by atoms with E-state index in [9.17, 15) is 9.59 Å². The third-order valence-corrected chi connectivity index (χ3v) is 5.52. The maximum Gasteiger partial charge on any atom is 0.328 e. The van der Waals surface area contributed by atoms with E-state index < -0.39 is 12.2 Å². The van der Waals surface area contributed by atoms with Gasteiger partial charge in [0, 0.05) is 36.2 Å². The molecule has 0 aliphatic carbocycles. The molecule has 27 heavy (non-hydrogen) atoms. The summed E-state index contributed by atoms with van der Waals surface area (Å²) in [7, 11) is 3.23. The highest BCUT2D eigenvalue weighted by molar-refractivity contribution is 9.10. The van der Waals surface area contributed by atoms with Crippen LogP contribution >= 0.6 is 15.9 Å². The summed E-state index contributed by atoms with van der Waals surface area (Å²) in [4.78, 5) is 37.0. The van der Waals surface area contributed by atoms with Gasteiger partial charge in [0.25, 0.3) is 5.91 Å². The molecule has 1 fully saturated rings. The summed E-state index contributed by atoms with van der Waals surface area (Å²) in [5, 5.41) is 0. The molecule has 0 bridgehead atoms. The first-order valence-electron chi connectivity index (χ1n) is 8.61. The van der Waals surface area contributed by atoms with Crippen molar-refractivity contribution in [1.82, 2.24) is 14.7 Å². The van der Waals surface area contributed by atoms with Crippen LogP contribution in [0.1, 0.15) is 6.92 Å². The van der Waals surface area contributed by atoms with Crippen LogP contribution in [0.5, 0.6) is 0 Å². The summed E-state index contributed by atoms with van der Waals surface area (Å²) in [5.74, 6) is 0.409. The second-order valence-electron chi connectivity index (χ2n) is 6.65. The SMILES string of the molecule is COCCN1C(=O)C2C(N=C3N(c4ccc(Br)cc4)C(C)=CN32)N(C)C1=O. The molecule has 2 unspecified atom stereocenters. The predicted octanol–water partition coefficient (Wildman–Crippen LogP) is 2.04. The molecule has 0 radical (unpaired) electrons. The van der Waals surface area contributed by atoms with Crippen LogP contribution in [0.15, 0.2) is 45.6 Å². The van der Waals surface area contributed by atoms with Crippen LogP contribution in [-0.2, 0) is 9.53 Å². The zero-order valence-electron chi connectivity index (χ0n) is 15.3. The molecule has 3 aliphatic heterocycles. The minimum Gasteiger partial charge on any atom is -0.383 e. The number of amides is 3. The van der Waals surface area contributed by atoms with Gasteiger partial charge in [0.05, 0.1) is 13.2 Å². The number of aliphatic imine (C=N–C) groups is 1. The van der Waals surface area contributed by atoms with Crippen molar-refractivity contribution in [3.63, 3.8) is 0 Å². The molecule has 3 amide bonds. The Balaban J connectivity index is 1.68. The standard InChI is InChI=1S/C18H20BrN5O3/c1-11-10-23-14-15(21(2)18(26)22(16(14)25)8-9-27-3)20-17(23)24(11)13-6-4-12(19)5-7-13/h4-7,10,14-15H,8-9H2,1-3H3. The Labute approximate surface area is 165 Å². The van der Waals surface area contributed by atoms with Crippen molar-refractivity contribution >= 4 is 39.5 Å². The van der Waals surface area contributed by atoms with Gasteiger partial charge in [-0.2, -0.15) is 0 Å². The van der Waals surface area contributed by atoms with Gasteiger partial charge in [-0.15, -0.1) is 0 Å². The maximum atomic E-state index is 13.1. The molecule has 9 heteroatoms. The third kappa shape index (κ3) is 2.72. The molecule has 0 saturated carbocycles. The van der Waals surface area contributed by atoms with E-state index in [0.717, 1.165) is 15.9 Å². The zero-order chi connectivity index (χ0) is 19.3. The first-order chi connectivity index (χ1) is 12.9. The molecule has 8 nitrogen and oxygen atoms in total. The van der Waals surface area contributed by atoms with Crippen LogP contribution < -0.4 is 4.90 Å². The number of ether oxygens (including phenoxy) is 1. The van der Waals surface area contributed by atoms with Gasteiger partial charge in [0.2, 0.25) is 5.96 Å². The average molecular weight is 434 g/mol. The van der Waals surface area contributed by atoms with E-state index in [0.29, 0.717) is 12.6 Å². The van der Waals surface area contributed by atoms with Gasteiger partial charge in [-0.25, -0.2) is 9.79 Å². The van der Waals surface area contributed by atoms with Crippen molar-refractivity contribution in [3.8, 4) is 0 Å². The largest absolute Gasteiger partial charge is 0.383 e. The molecule has 1 saturated heterocycles. The summed E-state index contributed by atoms with van der Waals surface area (Å²) in [6.45, 7) is 2.50. The second kappa shape index (κ2) is 6.65. The number of carbonyl (C=O) groups is 2. The number of likely N-dealkylation sites (N-methyl/N-ethyl adjacent to an activating group) is 1. The topological polar surface area (TPSA) is 68.7 Å². The first kappa shape index (κ1) is 18.0. The zero-order valence-corrected chi connectivity index (χ0v) is 16.9. The minimum absolute atomic E-state index is 0.226. The van der Waals surface area contributed by atoms with E-state index in [1.54, 1.807) is 14.2 Å². The van der Waals surface area contributed by atoms with Gasteiger partial charge in [-0.05, 0) is 31.2 Å². The lowest BCUT2D eigenvalue weighted by Gasteiger charge is -2.40. The molecule has 1 aromatic carbocycles. The fourth-order valence-corrected chi connectivity index (χ4v) is 3.92. The van der Waals surface area contributed by atoms with Gasteiger partial charge in [0.1, 0.15) is 0 Å². The Kier molecular flexibility index (Phi) is 4.43.